The number of carbonyl (C=O) groups is 3. The van der Waals surface area contributed by atoms with Gasteiger partial charge in [0.1, 0.15) is 10.8 Å². The van der Waals surface area contributed by atoms with Crippen LogP contribution in [0, 0.1) is 0 Å². The molecule has 2 N–H and O–H groups in total. The zero-order chi connectivity index (χ0) is 20.5. The molecule has 1 aromatic heterocycles. The van der Waals surface area contributed by atoms with Crippen LogP contribution in [0.1, 0.15) is 40.6 Å². The molecule has 0 saturated heterocycles. The topological polar surface area (TPSA) is 92.7 Å². The highest BCUT2D eigenvalue weighted by molar-refractivity contribution is 7.99. The van der Waals surface area contributed by atoms with Gasteiger partial charge in [-0.15, -0.1) is 11.3 Å². The molecule has 150 valence electrons. The smallest absolute Gasteiger partial charge is 0.313 e. The molecule has 0 fully saturated rings. The number of carbonyl (C=O) groups excluding carboxylic acids is 2. The van der Waals surface area contributed by atoms with E-state index in [0.29, 0.717) is 34.1 Å². The number of methoxy groups -OCH3 is 1. The predicted octanol–water partition coefficient (Wildman–Crippen LogP) is 4.09. The first-order valence-corrected chi connectivity index (χ1v) is 10.8. The van der Waals surface area contributed by atoms with E-state index in [9.17, 15) is 14.4 Å². The van der Waals surface area contributed by atoms with E-state index in [0.717, 1.165) is 11.3 Å². The summed E-state index contributed by atoms with van der Waals surface area (Å²) < 4.78 is 5.12. The Hall–Kier alpha value is -2.32. The number of thiophene rings is 1. The minimum atomic E-state index is -0.859. The molecule has 0 bridgehead atoms. The summed E-state index contributed by atoms with van der Waals surface area (Å²) in [5.41, 5.74) is 1.02. The van der Waals surface area contributed by atoms with E-state index in [4.69, 9.17) is 9.84 Å². The van der Waals surface area contributed by atoms with E-state index in [1.165, 1.54) is 23.1 Å². The Kier molecular flexibility index (Phi) is 8.53. The maximum absolute atomic E-state index is 12.9. The van der Waals surface area contributed by atoms with Gasteiger partial charge in [0.05, 0.1) is 18.4 Å². The molecular weight excluding hydrogens is 398 g/mol. The summed E-state index contributed by atoms with van der Waals surface area (Å²) in [5.74, 6) is 0.122. The van der Waals surface area contributed by atoms with Crippen LogP contribution in [-0.4, -0.2) is 41.4 Å². The van der Waals surface area contributed by atoms with Gasteiger partial charge in [-0.2, -0.15) is 11.8 Å². The van der Waals surface area contributed by atoms with Crippen LogP contribution < -0.4 is 10.1 Å². The fourth-order valence-electron chi connectivity index (χ4n) is 2.46. The fraction of sp³-hybridized carbons (Fsp3) is 0.350. The maximum atomic E-state index is 12.9. The zero-order valence-corrected chi connectivity index (χ0v) is 17.5. The number of benzene rings is 1. The fourth-order valence-corrected chi connectivity index (χ4v) is 4.14. The number of ether oxygens (including phenoxy) is 1. The molecular formula is C20H23NO5S2. The van der Waals surface area contributed by atoms with Gasteiger partial charge >= 0.3 is 5.97 Å². The summed E-state index contributed by atoms with van der Waals surface area (Å²) in [5, 5.41) is 12.0. The lowest BCUT2D eigenvalue weighted by molar-refractivity contribution is -0.133. The van der Waals surface area contributed by atoms with Crippen LogP contribution in [0.5, 0.6) is 5.75 Å². The Balaban J connectivity index is 2.03. The van der Waals surface area contributed by atoms with E-state index in [2.05, 4.69) is 5.32 Å². The quantitative estimate of drug-likeness (QED) is 0.419. The molecule has 0 unspecified atom stereocenters. The Labute approximate surface area is 172 Å². The van der Waals surface area contributed by atoms with Crippen molar-refractivity contribution in [2.75, 3.05) is 23.9 Å². The predicted molar refractivity (Wildman–Crippen MR) is 113 cm³/mol. The second-order valence-electron chi connectivity index (χ2n) is 5.96. The second kappa shape index (κ2) is 10.9. The second-order valence-corrected chi connectivity index (χ2v) is 8.21. The number of thioether (sulfide) groups is 1. The number of aliphatic carboxylic acids is 1. The van der Waals surface area contributed by atoms with Crippen molar-refractivity contribution in [1.29, 1.82) is 0 Å². The molecule has 6 nitrogen and oxygen atoms in total. The van der Waals surface area contributed by atoms with Crippen molar-refractivity contribution in [3.05, 3.63) is 46.3 Å². The average Bonchev–Trinajstić information content (AvgIpc) is 3.09. The lowest BCUT2D eigenvalue weighted by Gasteiger charge is -2.07. The number of hydrogen-bond donors (Lipinski definition) is 2. The molecule has 2 rings (SSSR count). The average molecular weight is 422 g/mol. The van der Waals surface area contributed by atoms with Crippen LogP contribution in [0.3, 0.4) is 0 Å². The van der Waals surface area contributed by atoms with E-state index in [-0.39, 0.29) is 23.9 Å². The highest BCUT2D eigenvalue weighted by atomic mass is 32.2. The molecule has 0 atom stereocenters. The van der Waals surface area contributed by atoms with Crippen LogP contribution >= 0.6 is 23.1 Å². The number of anilines is 1. The number of aryl methyl sites for hydroxylation is 1. The van der Waals surface area contributed by atoms with Crippen molar-refractivity contribution in [3.8, 4) is 5.75 Å². The Morgan fingerprint density at radius 1 is 1.21 bits per heavy atom. The first-order chi connectivity index (χ1) is 13.4. The normalized spacial score (nSPS) is 10.5. The van der Waals surface area contributed by atoms with Crippen LogP contribution in [0.2, 0.25) is 0 Å². The Morgan fingerprint density at radius 2 is 1.93 bits per heavy atom. The number of carboxylic acids is 1. The van der Waals surface area contributed by atoms with Gasteiger partial charge in [0.15, 0.2) is 5.78 Å². The van der Waals surface area contributed by atoms with E-state index in [1.807, 2.05) is 13.0 Å². The number of rotatable bonds is 11. The van der Waals surface area contributed by atoms with Gasteiger partial charge in [0, 0.05) is 16.9 Å². The largest absolute Gasteiger partial charge is 0.497 e. The van der Waals surface area contributed by atoms with Crippen molar-refractivity contribution in [2.24, 2.45) is 0 Å². The number of nitrogens with one attached hydrogen (secondary N) is 1. The van der Waals surface area contributed by atoms with Crippen molar-refractivity contribution in [3.63, 3.8) is 0 Å². The molecule has 0 aliphatic heterocycles. The van der Waals surface area contributed by atoms with Crippen molar-refractivity contribution in [2.45, 2.75) is 26.2 Å². The first-order valence-electron chi connectivity index (χ1n) is 8.85. The number of carboxylic acid groups (broad SMARTS) is 1. The van der Waals surface area contributed by atoms with Gasteiger partial charge in [-0.25, -0.2) is 0 Å². The van der Waals surface area contributed by atoms with Gasteiger partial charge in [-0.3, -0.25) is 14.4 Å². The number of amides is 1. The minimum Gasteiger partial charge on any atom is -0.497 e. The molecule has 1 amide bonds. The van der Waals surface area contributed by atoms with Crippen LogP contribution in [-0.2, 0) is 16.0 Å². The summed E-state index contributed by atoms with van der Waals surface area (Å²) in [6.07, 6.45) is 1.63. The number of hydrogen-bond acceptors (Lipinski definition) is 6. The molecule has 2 aromatic rings. The molecule has 28 heavy (non-hydrogen) atoms. The molecule has 0 saturated carbocycles. The summed E-state index contributed by atoms with van der Waals surface area (Å²) >= 11 is 2.69. The van der Waals surface area contributed by atoms with Gasteiger partial charge < -0.3 is 15.2 Å². The highest BCUT2D eigenvalue weighted by Crippen LogP contribution is 2.31. The van der Waals surface area contributed by atoms with E-state index >= 15 is 0 Å². The monoisotopic (exact) mass is 421 g/mol. The SMILES string of the molecule is CCc1cc(C(=O)c2ccc(OC)cc2)c(NC(=O)CCCSCC(=O)O)s1. The van der Waals surface area contributed by atoms with Gasteiger partial charge in [0.2, 0.25) is 5.91 Å². The van der Waals surface area contributed by atoms with Crippen LogP contribution in [0.25, 0.3) is 0 Å². The van der Waals surface area contributed by atoms with Crippen LogP contribution in [0.4, 0.5) is 5.00 Å². The molecule has 1 aromatic carbocycles. The lowest BCUT2D eigenvalue weighted by Crippen LogP contribution is -2.13. The molecule has 0 aliphatic rings. The van der Waals surface area contributed by atoms with Crippen molar-refractivity contribution < 1.29 is 24.2 Å². The lowest BCUT2D eigenvalue weighted by atomic mass is 10.0. The van der Waals surface area contributed by atoms with Gasteiger partial charge in [-0.05, 0) is 48.9 Å². The van der Waals surface area contributed by atoms with Gasteiger partial charge in [-0.1, -0.05) is 6.92 Å². The van der Waals surface area contributed by atoms with Gasteiger partial charge in [0.25, 0.3) is 0 Å². The van der Waals surface area contributed by atoms with Crippen LogP contribution in [0.15, 0.2) is 30.3 Å². The zero-order valence-electron chi connectivity index (χ0n) is 15.8. The summed E-state index contributed by atoms with van der Waals surface area (Å²) in [6.45, 7) is 2.00. The molecule has 0 spiro atoms. The first kappa shape index (κ1) is 22.0. The van der Waals surface area contributed by atoms with E-state index < -0.39 is 5.97 Å². The van der Waals surface area contributed by atoms with Crippen molar-refractivity contribution >= 4 is 45.8 Å². The molecule has 0 radical (unpaired) electrons. The molecule has 1 heterocycles. The molecule has 0 aliphatic carbocycles. The Bertz CT molecular complexity index is 830. The maximum Gasteiger partial charge on any atom is 0.313 e. The third-order valence-corrected chi connectivity index (χ3v) is 6.12. The third-order valence-electron chi connectivity index (χ3n) is 3.90. The van der Waals surface area contributed by atoms with Crippen molar-refractivity contribution in [1.82, 2.24) is 0 Å². The Morgan fingerprint density at radius 3 is 2.54 bits per heavy atom. The number of ketones is 1. The molecule has 8 heteroatoms. The third kappa shape index (κ3) is 6.38. The summed E-state index contributed by atoms with van der Waals surface area (Å²) in [6, 6.07) is 8.70. The summed E-state index contributed by atoms with van der Waals surface area (Å²) in [7, 11) is 1.57. The standard InChI is InChI=1S/C20H23NO5S2/c1-3-15-11-16(19(25)13-6-8-14(26-2)9-7-13)20(28-15)21-17(22)5-4-10-27-12-18(23)24/h6-9,11H,3-5,10,12H2,1-2H3,(H,21,22)(H,23,24). The highest BCUT2D eigenvalue weighted by Gasteiger charge is 2.19. The minimum absolute atomic E-state index is 0.0346. The van der Waals surface area contributed by atoms with E-state index in [1.54, 1.807) is 31.4 Å². The summed E-state index contributed by atoms with van der Waals surface area (Å²) in [4.78, 5) is 36.6.